The fourth-order valence-corrected chi connectivity index (χ4v) is 12.2. The maximum atomic E-state index is 17.0. The molecule has 10 rings (SSSR count). The van der Waals surface area contributed by atoms with Crippen LogP contribution in [-0.2, 0) is 30.9 Å². The van der Waals surface area contributed by atoms with Gasteiger partial charge in [-0.1, -0.05) is 47.6 Å². The Kier molecular flexibility index (Phi) is 12.3. The van der Waals surface area contributed by atoms with E-state index in [1.165, 1.54) is 30.7 Å². The first-order valence-corrected chi connectivity index (χ1v) is 25.1. The quantitative estimate of drug-likeness (QED) is 0.0980. The van der Waals surface area contributed by atoms with Gasteiger partial charge in [-0.3, -0.25) is 14.2 Å². The van der Waals surface area contributed by atoms with Crippen molar-refractivity contribution in [3.05, 3.63) is 87.6 Å². The maximum absolute atomic E-state index is 17.0. The number of ether oxygens (including phenoxy) is 3. The molecule has 1 unspecified atom stereocenters. The van der Waals surface area contributed by atoms with Crippen LogP contribution in [0.3, 0.4) is 0 Å². The molecule has 4 aromatic heterocycles. The van der Waals surface area contributed by atoms with Gasteiger partial charge < -0.3 is 44.6 Å². The third-order valence-corrected chi connectivity index (χ3v) is 15.9. The molecular weight excluding hydrogens is 914 g/mol. The van der Waals surface area contributed by atoms with Gasteiger partial charge in [-0.2, -0.15) is 0 Å². The number of benzene rings is 2. The third kappa shape index (κ3) is 8.26. The molecule has 2 saturated heterocycles. The van der Waals surface area contributed by atoms with E-state index in [1.807, 2.05) is 52.0 Å². The van der Waals surface area contributed by atoms with E-state index >= 15 is 4.39 Å². The molecule has 16 nitrogen and oxygen atoms in total. The maximum Gasteiger partial charge on any atom is 0.407 e. The van der Waals surface area contributed by atoms with Gasteiger partial charge in [0.05, 0.1) is 71.7 Å². The number of likely N-dealkylation sites (tertiary alicyclic amines) is 2. The molecule has 0 spiro atoms. The SMILES string of the molecule is COC(=O)N[C@H](C(=O)N1CCC[C@H]1c1ncc(-c2cc(F)c3c(c2)OC(c2cc4c(s2)CCC4(C)C)n2c-3cc3cc(-c4cnc([C@@H]5CCCN5C(=O)[C@@H](NC(=O)OC)C(C)C)[nH]4)ccc32)[nH]1)C(C)C. The van der Waals surface area contributed by atoms with Crippen LogP contribution in [0, 0.1) is 17.7 Å². The molecule has 6 aromatic rings. The van der Waals surface area contributed by atoms with E-state index < -0.39 is 36.3 Å². The molecule has 1 aliphatic carbocycles. The van der Waals surface area contributed by atoms with E-state index in [1.54, 1.807) is 33.5 Å². The molecule has 4 amide bonds. The smallest absolute Gasteiger partial charge is 0.407 e. The Bertz CT molecular complexity index is 3020. The fourth-order valence-electron chi connectivity index (χ4n) is 10.9. The van der Waals surface area contributed by atoms with Crippen LogP contribution in [0.15, 0.2) is 54.9 Å². The standard InChI is InChI=1S/C52H60FN9O7S/c1-26(2)43(58-50(65)67-7)47(63)60-17-9-11-36(60)45-54-24-33(56-45)28-13-14-35-30(19-28)21-38-42-32(53)20-29(22-39(42)69-49(62(35)38)41-23-31-40(70-41)15-16-52(31,5)6)34-25-55-46(57-34)37-12-10-18-61(37)48(64)44(27(3)4)59-51(66)68-8/h13-14,19-27,36-37,43-44,49H,9-12,15-18H2,1-8H3,(H,54,56)(H,55,57)(H,58,65)(H,59,66)/t36-,37-,43-,44-,49?/m0/s1. The van der Waals surface area contributed by atoms with Crippen LogP contribution in [0.4, 0.5) is 14.0 Å². The van der Waals surface area contributed by atoms with Crippen LogP contribution >= 0.6 is 11.3 Å². The summed E-state index contributed by atoms with van der Waals surface area (Å²) in [6.45, 7) is 13.1. The number of hydrogen-bond donors (Lipinski definition) is 4. The van der Waals surface area contributed by atoms with Crippen molar-refractivity contribution in [2.24, 2.45) is 11.8 Å². The number of aryl methyl sites for hydroxylation is 1. The van der Waals surface area contributed by atoms with Crippen LogP contribution in [0.25, 0.3) is 44.7 Å². The summed E-state index contributed by atoms with van der Waals surface area (Å²) < 4.78 is 35.7. The number of nitrogens with one attached hydrogen (secondary N) is 4. The van der Waals surface area contributed by atoms with Gasteiger partial charge in [0.2, 0.25) is 18.0 Å². The van der Waals surface area contributed by atoms with Crippen LogP contribution in [0.5, 0.6) is 5.75 Å². The number of halogens is 1. The lowest BCUT2D eigenvalue weighted by Crippen LogP contribution is -2.51. The van der Waals surface area contributed by atoms with Gasteiger partial charge in [0.1, 0.15) is 35.3 Å². The Hall–Kier alpha value is -6.69. The minimum absolute atomic E-state index is 0.0274. The van der Waals surface area contributed by atoms with E-state index in [0.29, 0.717) is 59.4 Å². The fraction of sp³-hybridized carbons (Fsp3) is 0.462. The molecule has 2 aromatic carbocycles. The van der Waals surface area contributed by atoms with Crippen molar-refractivity contribution in [3.63, 3.8) is 0 Å². The zero-order valence-electron chi connectivity index (χ0n) is 40.8. The molecular formula is C52H60FN9O7S. The summed E-state index contributed by atoms with van der Waals surface area (Å²) in [6, 6.07) is 11.6. The highest BCUT2D eigenvalue weighted by Crippen LogP contribution is 2.51. The number of aromatic amines is 2. The monoisotopic (exact) mass is 973 g/mol. The molecule has 0 bridgehead atoms. The summed E-state index contributed by atoms with van der Waals surface area (Å²) in [7, 11) is 2.55. The van der Waals surface area contributed by atoms with Crippen molar-refractivity contribution in [1.29, 1.82) is 0 Å². The van der Waals surface area contributed by atoms with Crippen LogP contribution < -0.4 is 15.4 Å². The zero-order chi connectivity index (χ0) is 49.3. The van der Waals surface area contributed by atoms with Gasteiger partial charge in [-0.05, 0) is 97.7 Å². The van der Waals surface area contributed by atoms with Gasteiger partial charge in [0.25, 0.3) is 0 Å². The molecule has 7 heterocycles. The van der Waals surface area contributed by atoms with Crippen molar-refractivity contribution >= 4 is 46.2 Å². The van der Waals surface area contributed by atoms with Gasteiger partial charge in [0.15, 0.2) is 0 Å². The largest absolute Gasteiger partial charge is 0.464 e. The minimum Gasteiger partial charge on any atom is -0.464 e. The van der Waals surface area contributed by atoms with E-state index in [2.05, 4.69) is 51.1 Å². The number of aromatic nitrogens is 5. The second-order valence-electron chi connectivity index (χ2n) is 20.3. The molecule has 2 fully saturated rings. The molecule has 368 valence electrons. The highest BCUT2D eigenvalue weighted by molar-refractivity contribution is 7.12. The van der Waals surface area contributed by atoms with Crippen molar-refractivity contribution in [2.45, 2.75) is 116 Å². The molecule has 3 aliphatic heterocycles. The van der Waals surface area contributed by atoms with Gasteiger partial charge in [-0.15, -0.1) is 11.3 Å². The number of hydrogen-bond acceptors (Lipinski definition) is 10. The summed E-state index contributed by atoms with van der Waals surface area (Å²) in [4.78, 5) is 74.3. The zero-order valence-corrected chi connectivity index (χ0v) is 41.6. The van der Waals surface area contributed by atoms with Crippen molar-refractivity contribution in [3.8, 4) is 39.5 Å². The molecule has 4 N–H and O–H groups in total. The highest BCUT2D eigenvalue weighted by atomic mass is 32.1. The predicted molar refractivity (Wildman–Crippen MR) is 263 cm³/mol. The van der Waals surface area contributed by atoms with Gasteiger partial charge >= 0.3 is 12.2 Å². The summed E-state index contributed by atoms with van der Waals surface area (Å²) in [5, 5.41) is 6.30. The molecule has 0 radical (unpaired) electrons. The topological polar surface area (TPSA) is 189 Å². The van der Waals surface area contributed by atoms with E-state index in [9.17, 15) is 19.2 Å². The number of H-pyrrole nitrogens is 2. The Morgan fingerprint density at radius 2 is 1.40 bits per heavy atom. The third-order valence-electron chi connectivity index (χ3n) is 14.7. The Morgan fingerprint density at radius 1 is 0.814 bits per heavy atom. The van der Waals surface area contributed by atoms with Crippen molar-refractivity contribution in [1.82, 2.24) is 44.9 Å². The molecule has 5 atom stereocenters. The van der Waals surface area contributed by atoms with Crippen LogP contribution in [0.2, 0.25) is 0 Å². The van der Waals surface area contributed by atoms with Gasteiger partial charge in [-0.25, -0.2) is 23.9 Å². The van der Waals surface area contributed by atoms with Crippen LogP contribution in [0.1, 0.15) is 119 Å². The summed E-state index contributed by atoms with van der Waals surface area (Å²) >= 11 is 1.75. The number of thiophene rings is 1. The number of alkyl carbamates (subject to hydrolysis) is 2. The highest BCUT2D eigenvalue weighted by Gasteiger charge is 2.41. The van der Waals surface area contributed by atoms with Crippen molar-refractivity contribution in [2.75, 3.05) is 27.3 Å². The number of imidazole rings is 2. The summed E-state index contributed by atoms with van der Waals surface area (Å²) in [5.41, 5.74) is 6.05. The Morgan fingerprint density at radius 3 is 1.96 bits per heavy atom. The Labute approximate surface area is 409 Å². The van der Waals surface area contributed by atoms with E-state index in [-0.39, 0.29) is 41.1 Å². The predicted octanol–water partition coefficient (Wildman–Crippen LogP) is 9.54. The lowest BCUT2D eigenvalue weighted by atomic mass is 9.87. The number of nitrogens with zero attached hydrogens (tertiary/aromatic N) is 5. The lowest BCUT2D eigenvalue weighted by molar-refractivity contribution is -0.136. The average Bonchev–Trinajstić information content (AvgIpc) is 4.20. The van der Waals surface area contributed by atoms with Crippen molar-refractivity contribution < 1.29 is 37.8 Å². The van der Waals surface area contributed by atoms with E-state index in [0.717, 1.165) is 59.1 Å². The lowest BCUT2D eigenvalue weighted by Gasteiger charge is -2.30. The number of carbonyl (C=O) groups excluding carboxylic acids is 4. The second kappa shape index (κ2) is 18.2. The Balaban J connectivity index is 0.982. The normalized spacial score (nSPS) is 20.0. The first-order valence-electron chi connectivity index (χ1n) is 24.2. The molecule has 0 saturated carbocycles. The molecule has 70 heavy (non-hydrogen) atoms. The number of amides is 4. The first-order chi connectivity index (χ1) is 33.5. The number of carbonyl (C=O) groups is 4. The number of fused-ring (bicyclic) bond motifs is 6. The summed E-state index contributed by atoms with van der Waals surface area (Å²) in [6.07, 6.45) is 6.59. The first kappa shape index (κ1) is 47.0. The number of methoxy groups -OCH3 is 2. The molecule has 18 heteroatoms. The van der Waals surface area contributed by atoms with E-state index in [4.69, 9.17) is 24.2 Å². The van der Waals surface area contributed by atoms with Gasteiger partial charge in [0, 0.05) is 34.5 Å². The van der Waals surface area contributed by atoms with Crippen LogP contribution in [-0.4, -0.2) is 97.7 Å². The summed E-state index contributed by atoms with van der Waals surface area (Å²) in [5.74, 6) is 0.476. The minimum atomic E-state index is -0.770. The number of rotatable bonds is 11. The second-order valence-corrected chi connectivity index (χ2v) is 21.5. The molecule has 4 aliphatic rings. The average molecular weight is 974 g/mol.